The molecule has 0 nitrogen and oxygen atoms in total. The molecule has 0 heterocycles. The maximum absolute atomic E-state index is 3.88. The van der Waals surface area contributed by atoms with Gasteiger partial charge in [-0.3, -0.25) is 0 Å². The molecule has 0 N–H and O–H groups in total. The molecule has 2 aromatic carbocycles. The molecular formula is C27H27Br9. The van der Waals surface area contributed by atoms with Gasteiger partial charge in [-0.25, -0.2) is 0 Å². The molecule has 0 radical (unpaired) electrons. The van der Waals surface area contributed by atoms with Crippen LogP contribution in [0.15, 0.2) is 76.2 Å². The number of benzene rings is 2. The second kappa shape index (κ2) is 17.7. The molecule has 0 aliphatic rings. The summed E-state index contributed by atoms with van der Waals surface area (Å²) in [5.74, 6) is 0. The number of halogens is 9. The predicted molar refractivity (Wildman–Crippen MR) is 192 cm³/mol. The first-order valence-corrected chi connectivity index (χ1v) is 18.3. The van der Waals surface area contributed by atoms with E-state index in [9.17, 15) is 0 Å². The van der Waals surface area contributed by atoms with Gasteiger partial charge in [0.1, 0.15) is 0 Å². The zero-order chi connectivity index (χ0) is 27.7. The van der Waals surface area contributed by atoms with Gasteiger partial charge in [0.15, 0.2) is 0 Å². The highest BCUT2D eigenvalue weighted by molar-refractivity contribution is 9.16. The third-order valence-electron chi connectivity index (χ3n) is 5.37. The highest BCUT2D eigenvalue weighted by Crippen LogP contribution is 2.46. The van der Waals surface area contributed by atoms with Gasteiger partial charge < -0.3 is 0 Å². The molecular weight excluding hydrogens is 1040 g/mol. The van der Waals surface area contributed by atoms with Crippen molar-refractivity contribution in [3.8, 4) is 0 Å². The van der Waals surface area contributed by atoms with Gasteiger partial charge in [-0.1, -0.05) is 44.2 Å². The smallest absolute Gasteiger partial charge is 0.0482 e. The molecule has 0 atom stereocenters. The van der Waals surface area contributed by atoms with Crippen molar-refractivity contribution in [3.63, 3.8) is 0 Å². The van der Waals surface area contributed by atoms with Gasteiger partial charge >= 0.3 is 0 Å². The van der Waals surface area contributed by atoms with E-state index in [0.29, 0.717) is 0 Å². The van der Waals surface area contributed by atoms with Crippen LogP contribution in [0.4, 0.5) is 0 Å². The van der Waals surface area contributed by atoms with Crippen molar-refractivity contribution in [2.75, 3.05) is 0 Å². The fourth-order valence-corrected chi connectivity index (χ4v) is 10.1. The first-order valence-electron chi connectivity index (χ1n) is 11.2. The van der Waals surface area contributed by atoms with Gasteiger partial charge in [0.05, 0.1) is 0 Å². The van der Waals surface area contributed by atoms with Crippen LogP contribution in [0.3, 0.4) is 0 Å². The molecule has 0 aliphatic carbocycles. The van der Waals surface area contributed by atoms with Gasteiger partial charge in [-0.15, -0.1) is 0 Å². The zero-order valence-corrected chi connectivity index (χ0v) is 34.7. The normalized spacial score (nSPS) is 11.6. The highest BCUT2D eigenvalue weighted by Gasteiger charge is 2.20. The maximum Gasteiger partial charge on any atom is 0.0482 e. The van der Waals surface area contributed by atoms with E-state index in [-0.39, 0.29) is 0 Å². The van der Waals surface area contributed by atoms with E-state index in [1.807, 2.05) is 26.0 Å². The number of allylic oxidation sites excluding steroid dienone is 5. The van der Waals surface area contributed by atoms with Crippen molar-refractivity contribution in [1.29, 1.82) is 0 Å². The van der Waals surface area contributed by atoms with Crippen LogP contribution in [-0.4, -0.2) is 0 Å². The third kappa shape index (κ3) is 9.53. The lowest BCUT2D eigenvalue weighted by molar-refractivity contribution is 0.805. The van der Waals surface area contributed by atoms with Gasteiger partial charge in [-0.2, -0.15) is 0 Å². The Morgan fingerprint density at radius 3 is 1.33 bits per heavy atom. The van der Waals surface area contributed by atoms with Crippen LogP contribution in [0, 0.1) is 0 Å². The summed E-state index contributed by atoms with van der Waals surface area (Å²) in [5, 5.41) is 0. The number of hydrogen-bond donors (Lipinski definition) is 0. The SMILES string of the molecule is C=C(C)/C(=C\C=C/C)CC.CCc1c(Br)c(Br)c(CCCc2c(Br)c(Br)c(Br)c(Br)c2Br)c(Br)c1Br. The lowest BCUT2D eigenvalue weighted by atomic mass is 10.0. The summed E-state index contributed by atoms with van der Waals surface area (Å²) in [4.78, 5) is 0. The lowest BCUT2D eigenvalue weighted by Crippen LogP contribution is -1.99. The van der Waals surface area contributed by atoms with Gasteiger partial charge in [0, 0.05) is 40.3 Å². The van der Waals surface area contributed by atoms with E-state index in [2.05, 4.69) is 170 Å². The molecule has 0 saturated heterocycles. The van der Waals surface area contributed by atoms with Crippen LogP contribution in [0.5, 0.6) is 0 Å². The molecule has 0 spiro atoms. The molecule has 0 saturated carbocycles. The Balaban J connectivity index is 0.000000548. The Labute approximate surface area is 292 Å². The summed E-state index contributed by atoms with van der Waals surface area (Å²) in [6, 6.07) is 0. The van der Waals surface area contributed by atoms with E-state index >= 15 is 0 Å². The summed E-state index contributed by atoms with van der Waals surface area (Å²) in [7, 11) is 0. The highest BCUT2D eigenvalue weighted by atomic mass is 79.9. The first kappa shape index (κ1) is 36.0. The minimum Gasteiger partial charge on any atom is -0.0958 e. The molecule has 2 rings (SSSR count). The minimum atomic E-state index is 0.940. The molecule has 198 valence electrons. The van der Waals surface area contributed by atoms with Gasteiger partial charge in [0.25, 0.3) is 0 Å². The van der Waals surface area contributed by atoms with Crippen molar-refractivity contribution < 1.29 is 0 Å². The fraction of sp³-hybridized carbons (Fsp3) is 0.333. The second-order valence-corrected chi connectivity index (χ2v) is 15.0. The summed E-state index contributed by atoms with van der Waals surface area (Å²) < 4.78 is 9.67. The van der Waals surface area contributed by atoms with E-state index in [1.54, 1.807) is 0 Å². The molecule has 0 aliphatic heterocycles. The number of hydrogen-bond acceptors (Lipinski definition) is 0. The maximum atomic E-state index is 3.88. The largest absolute Gasteiger partial charge is 0.0958 e. The quantitative estimate of drug-likeness (QED) is 0.140. The fourth-order valence-electron chi connectivity index (χ4n) is 3.34. The van der Waals surface area contributed by atoms with Crippen LogP contribution in [-0.2, 0) is 19.3 Å². The Hall–Kier alpha value is 1.98. The van der Waals surface area contributed by atoms with Gasteiger partial charge in [-0.05, 0) is 212 Å². The molecule has 0 aromatic heterocycles. The summed E-state index contributed by atoms with van der Waals surface area (Å²) in [5.41, 5.74) is 6.27. The lowest BCUT2D eigenvalue weighted by Gasteiger charge is -2.17. The van der Waals surface area contributed by atoms with E-state index in [4.69, 9.17) is 0 Å². The monoisotopic (exact) mass is 1060 g/mol. The second-order valence-electron chi connectivity index (χ2n) is 7.82. The molecule has 0 unspecified atom stereocenters. The first-order chi connectivity index (χ1) is 16.8. The van der Waals surface area contributed by atoms with E-state index < -0.39 is 0 Å². The molecule has 0 fully saturated rings. The van der Waals surface area contributed by atoms with Crippen LogP contribution in [0.1, 0.15) is 57.2 Å². The Morgan fingerprint density at radius 2 is 1.00 bits per heavy atom. The van der Waals surface area contributed by atoms with Crippen molar-refractivity contribution in [3.05, 3.63) is 92.9 Å². The average Bonchev–Trinajstić information content (AvgIpc) is 2.85. The molecule has 36 heavy (non-hydrogen) atoms. The van der Waals surface area contributed by atoms with E-state index in [0.717, 1.165) is 72.4 Å². The van der Waals surface area contributed by atoms with Crippen LogP contribution < -0.4 is 0 Å². The van der Waals surface area contributed by atoms with Crippen molar-refractivity contribution >= 4 is 143 Å². The molecule has 9 heteroatoms. The average molecular weight is 1070 g/mol. The zero-order valence-electron chi connectivity index (χ0n) is 20.4. The van der Waals surface area contributed by atoms with Gasteiger partial charge in [0.2, 0.25) is 0 Å². The summed E-state index contributed by atoms with van der Waals surface area (Å²) >= 11 is 33.3. The van der Waals surface area contributed by atoms with Crippen LogP contribution >= 0.6 is 143 Å². The minimum absolute atomic E-state index is 0.940. The Kier molecular flexibility index (Phi) is 17.7. The topological polar surface area (TPSA) is 0 Å². The summed E-state index contributed by atoms with van der Waals surface area (Å²) in [6.07, 6.45) is 11.1. The third-order valence-corrected chi connectivity index (χ3v) is 16.2. The van der Waals surface area contributed by atoms with E-state index in [1.165, 1.54) is 27.8 Å². The van der Waals surface area contributed by atoms with Crippen molar-refractivity contribution in [2.24, 2.45) is 0 Å². The predicted octanol–water partition coefficient (Wildman–Crippen LogP) is 14.8. The Morgan fingerprint density at radius 1 is 0.639 bits per heavy atom. The molecule has 0 bridgehead atoms. The van der Waals surface area contributed by atoms with Crippen LogP contribution in [0.25, 0.3) is 0 Å². The van der Waals surface area contributed by atoms with Crippen molar-refractivity contribution in [2.45, 2.75) is 59.8 Å². The molecule has 0 amide bonds. The van der Waals surface area contributed by atoms with Crippen LogP contribution in [0.2, 0.25) is 0 Å². The summed E-state index contributed by atoms with van der Waals surface area (Å²) in [6.45, 7) is 12.2. The molecule has 2 aromatic rings. The van der Waals surface area contributed by atoms with Crippen molar-refractivity contribution in [1.82, 2.24) is 0 Å². The number of rotatable bonds is 8. The standard InChI is InChI=1S/C17H11Br9.C10H16/c1-2-6-9(18)11(20)7(12(21)10(6)19)4-3-5-8-13(22)15(24)17(26)16(25)14(8)23;1-5-7-8-10(6-2)9(3)4/h2-5H2,1H3;5,7-8H,3,6H2,1-2,4H3/b;7-5-,10-8-. The Bertz CT molecular complexity index is 1100.